The van der Waals surface area contributed by atoms with Gasteiger partial charge in [0.05, 0.1) is 24.9 Å². The Hall–Kier alpha value is -1.79. The number of benzene rings is 1. The maximum atomic E-state index is 9.07. The zero-order chi connectivity index (χ0) is 16.8. The lowest BCUT2D eigenvalue weighted by atomic mass is 10.1. The van der Waals surface area contributed by atoms with Crippen molar-refractivity contribution in [1.29, 1.82) is 5.26 Å². The van der Waals surface area contributed by atoms with Gasteiger partial charge in [-0.05, 0) is 37.1 Å². The van der Waals surface area contributed by atoms with Crippen molar-refractivity contribution in [3.63, 3.8) is 0 Å². The van der Waals surface area contributed by atoms with E-state index in [1.165, 1.54) is 32.1 Å². The van der Waals surface area contributed by atoms with Crippen LogP contribution in [0, 0.1) is 11.3 Å². The molecule has 23 heavy (non-hydrogen) atoms. The SMILES string of the molecule is CCCCCCCCOc1ccc(C=C(C#N)COCC)cc1. The Morgan fingerprint density at radius 3 is 2.39 bits per heavy atom. The van der Waals surface area contributed by atoms with Gasteiger partial charge in [0.1, 0.15) is 5.75 Å². The molecule has 0 radical (unpaired) electrons. The highest BCUT2D eigenvalue weighted by molar-refractivity contribution is 5.57. The Bertz CT molecular complexity index is 485. The van der Waals surface area contributed by atoms with Crippen LogP contribution in [0.5, 0.6) is 5.75 Å². The van der Waals surface area contributed by atoms with Crippen molar-refractivity contribution < 1.29 is 9.47 Å². The quantitative estimate of drug-likeness (QED) is 0.384. The monoisotopic (exact) mass is 315 g/mol. The molecule has 3 nitrogen and oxygen atoms in total. The third-order valence-electron chi connectivity index (χ3n) is 3.59. The minimum Gasteiger partial charge on any atom is -0.494 e. The largest absolute Gasteiger partial charge is 0.494 e. The summed E-state index contributed by atoms with van der Waals surface area (Å²) in [5.41, 5.74) is 1.63. The van der Waals surface area contributed by atoms with E-state index in [1.807, 2.05) is 37.3 Å². The number of unbranched alkanes of at least 4 members (excludes halogenated alkanes) is 5. The molecular formula is C20H29NO2. The molecule has 1 aromatic carbocycles. The van der Waals surface area contributed by atoms with Crippen molar-refractivity contribution in [2.24, 2.45) is 0 Å². The van der Waals surface area contributed by atoms with E-state index in [1.54, 1.807) is 0 Å². The number of nitrogens with zero attached hydrogens (tertiary/aromatic N) is 1. The van der Waals surface area contributed by atoms with Crippen LogP contribution in [-0.4, -0.2) is 19.8 Å². The van der Waals surface area contributed by atoms with Gasteiger partial charge in [-0.1, -0.05) is 51.2 Å². The molecule has 0 aliphatic carbocycles. The molecule has 0 bridgehead atoms. The number of nitriles is 1. The molecule has 0 aliphatic heterocycles. The van der Waals surface area contributed by atoms with Crippen LogP contribution < -0.4 is 4.74 Å². The van der Waals surface area contributed by atoms with Crippen LogP contribution in [0.3, 0.4) is 0 Å². The minimum atomic E-state index is 0.364. The van der Waals surface area contributed by atoms with Crippen molar-refractivity contribution in [2.45, 2.75) is 52.4 Å². The van der Waals surface area contributed by atoms with E-state index in [0.717, 1.165) is 24.3 Å². The van der Waals surface area contributed by atoms with Crippen molar-refractivity contribution in [3.05, 3.63) is 35.4 Å². The fourth-order valence-electron chi connectivity index (χ4n) is 2.25. The third-order valence-corrected chi connectivity index (χ3v) is 3.59. The van der Waals surface area contributed by atoms with Gasteiger partial charge in [0, 0.05) is 6.61 Å². The molecule has 0 aliphatic rings. The molecule has 126 valence electrons. The number of hydrogen-bond donors (Lipinski definition) is 0. The molecule has 0 N–H and O–H groups in total. The lowest BCUT2D eigenvalue weighted by molar-refractivity contribution is 0.174. The van der Waals surface area contributed by atoms with Crippen LogP contribution in [0.2, 0.25) is 0 Å². The van der Waals surface area contributed by atoms with E-state index in [4.69, 9.17) is 14.7 Å². The summed E-state index contributed by atoms with van der Waals surface area (Å²) < 4.78 is 11.0. The zero-order valence-corrected chi connectivity index (χ0v) is 14.5. The Morgan fingerprint density at radius 1 is 1.04 bits per heavy atom. The van der Waals surface area contributed by atoms with Gasteiger partial charge in [-0.2, -0.15) is 5.26 Å². The van der Waals surface area contributed by atoms with Crippen LogP contribution in [0.4, 0.5) is 0 Å². The van der Waals surface area contributed by atoms with Crippen LogP contribution in [-0.2, 0) is 4.74 Å². The molecular weight excluding hydrogens is 286 g/mol. The van der Waals surface area contributed by atoms with Gasteiger partial charge < -0.3 is 9.47 Å². The summed E-state index contributed by atoms with van der Waals surface area (Å²) in [5, 5.41) is 9.07. The van der Waals surface area contributed by atoms with Crippen molar-refractivity contribution in [3.8, 4) is 11.8 Å². The van der Waals surface area contributed by atoms with E-state index in [-0.39, 0.29) is 0 Å². The average Bonchev–Trinajstić information content (AvgIpc) is 2.59. The van der Waals surface area contributed by atoms with E-state index >= 15 is 0 Å². The molecule has 0 atom stereocenters. The summed E-state index contributed by atoms with van der Waals surface area (Å²) in [4.78, 5) is 0. The lowest BCUT2D eigenvalue weighted by Gasteiger charge is -2.06. The predicted octanol–water partition coefficient (Wildman–Crippen LogP) is 5.37. The van der Waals surface area contributed by atoms with Gasteiger partial charge in [-0.25, -0.2) is 0 Å². The van der Waals surface area contributed by atoms with Crippen molar-refractivity contribution in [2.75, 3.05) is 19.8 Å². The standard InChI is InChI=1S/C20H29NO2/c1-3-5-6-7-8-9-14-23-20-12-10-18(11-13-20)15-19(16-21)17-22-4-2/h10-13,15H,3-9,14,17H2,1-2H3. The molecule has 0 saturated carbocycles. The Balaban J connectivity index is 2.33. The van der Waals surface area contributed by atoms with Gasteiger partial charge in [0.15, 0.2) is 0 Å². The van der Waals surface area contributed by atoms with Crippen LogP contribution in [0.1, 0.15) is 57.9 Å². The minimum absolute atomic E-state index is 0.364. The van der Waals surface area contributed by atoms with E-state index < -0.39 is 0 Å². The Morgan fingerprint density at radius 2 is 1.74 bits per heavy atom. The van der Waals surface area contributed by atoms with Crippen molar-refractivity contribution >= 4 is 6.08 Å². The molecule has 1 aromatic rings. The van der Waals surface area contributed by atoms with Crippen LogP contribution in [0.15, 0.2) is 29.8 Å². The highest BCUT2D eigenvalue weighted by Crippen LogP contribution is 2.15. The molecule has 0 heterocycles. The fraction of sp³-hybridized carbons (Fsp3) is 0.550. The van der Waals surface area contributed by atoms with Gasteiger partial charge in [-0.15, -0.1) is 0 Å². The molecule has 0 saturated heterocycles. The van der Waals surface area contributed by atoms with Crippen molar-refractivity contribution in [1.82, 2.24) is 0 Å². The second kappa shape index (κ2) is 12.7. The van der Waals surface area contributed by atoms with E-state index in [2.05, 4.69) is 13.0 Å². The summed E-state index contributed by atoms with van der Waals surface area (Å²) in [6.07, 6.45) is 9.46. The van der Waals surface area contributed by atoms with Gasteiger partial charge in [-0.3, -0.25) is 0 Å². The molecule has 0 fully saturated rings. The molecule has 0 unspecified atom stereocenters. The van der Waals surface area contributed by atoms with Crippen LogP contribution >= 0.6 is 0 Å². The maximum absolute atomic E-state index is 9.07. The fourth-order valence-corrected chi connectivity index (χ4v) is 2.25. The highest BCUT2D eigenvalue weighted by Gasteiger charge is 1.98. The number of rotatable bonds is 12. The first-order valence-electron chi connectivity index (χ1n) is 8.71. The molecule has 3 heteroatoms. The second-order valence-corrected chi connectivity index (χ2v) is 5.60. The average molecular weight is 315 g/mol. The highest BCUT2D eigenvalue weighted by atomic mass is 16.5. The van der Waals surface area contributed by atoms with Crippen LogP contribution in [0.25, 0.3) is 6.08 Å². The van der Waals surface area contributed by atoms with E-state index in [0.29, 0.717) is 18.8 Å². The first-order chi connectivity index (χ1) is 11.3. The first kappa shape index (κ1) is 19.3. The number of hydrogen-bond acceptors (Lipinski definition) is 3. The molecule has 0 spiro atoms. The predicted molar refractivity (Wildman–Crippen MR) is 95.4 cm³/mol. The van der Waals surface area contributed by atoms with Gasteiger partial charge >= 0.3 is 0 Å². The maximum Gasteiger partial charge on any atom is 0.119 e. The summed E-state index contributed by atoms with van der Waals surface area (Å²) in [6, 6.07) is 10.0. The second-order valence-electron chi connectivity index (χ2n) is 5.60. The smallest absolute Gasteiger partial charge is 0.119 e. The summed E-state index contributed by atoms with van der Waals surface area (Å²) in [7, 11) is 0. The van der Waals surface area contributed by atoms with Gasteiger partial charge in [0.25, 0.3) is 0 Å². The Labute approximate surface area is 140 Å². The van der Waals surface area contributed by atoms with Gasteiger partial charge in [0.2, 0.25) is 0 Å². The number of ether oxygens (including phenoxy) is 2. The molecule has 1 rings (SSSR count). The summed E-state index contributed by atoms with van der Waals surface area (Å²) >= 11 is 0. The van der Waals surface area contributed by atoms with E-state index in [9.17, 15) is 0 Å². The Kier molecular flexibility index (Phi) is 10.7. The zero-order valence-electron chi connectivity index (χ0n) is 14.5. The first-order valence-corrected chi connectivity index (χ1v) is 8.71. The lowest BCUT2D eigenvalue weighted by Crippen LogP contribution is -1.97. The summed E-state index contributed by atoms with van der Waals surface area (Å²) in [5.74, 6) is 0.888. The summed E-state index contributed by atoms with van der Waals surface area (Å²) in [6.45, 7) is 5.91. The molecule has 0 aromatic heterocycles. The molecule has 0 amide bonds. The topological polar surface area (TPSA) is 42.2 Å². The normalized spacial score (nSPS) is 11.3. The third kappa shape index (κ3) is 9.05.